The first-order chi connectivity index (χ1) is 14.2. The number of nitrogens with zero attached hydrogens (tertiary/aromatic N) is 2. The number of pyridine rings is 1. The molecule has 0 bridgehead atoms. The predicted octanol–water partition coefficient (Wildman–Crippen LogP) is 3.95. The highest BCUT2D eigenvalue weighted by molar-refractivity contribution is 5.97. The van der Waals surface area contributed by atoms with Gasteiger partial charge in [-0.3, -0.25) is 9.69 Å². The minimum Gasteiger partial charge on any atom is -0.351 e. The zero-order valence-corrected chi connectivity index (χ0v) is 17.2. The monoisotopic (exact) mass is 390 g/mol. The van der Waals surface area contributed by atoms with Crippen molar-refractivity contribution in [2.75, 3.05) is 19.6 Å². The molecule has 2 N–H and O–H groups in total. The number of aromatic nitrogens is 2. The smallest absolute Gasteiger partial charge is 0.267 e. The average Bonchev–Trinajstić information content (AvgIpc) is 3.36. The van der Waals surface area contributed by atoms with Crippen molar-refractivity contribution in [1.82, 2.24) is 20.2 Å². The van der Waals surface area contributed by atoms with Gasteiger partial charge in [-0.05, 0) is 74.5 Å². The van der Waals surface area contributed by atoms with Crippen molar-refractivity contribution in [2.24, 2.45) is 0 Å². The van der Waals surface area contributed by atoms with E-state index in [-0.39, 0.29) is 5.91 Å². The Labute approximate surface area is 172 Å². The van der Waals surface area contributed by atoms with Gasteiger partial charge in [0.2, 0.25) is 0 Å². The van der Waals surface area contributed by atoms with E-state index in [1.165, 1.54) is 30.4 Å². The van der Waals surface area contributed by atoms with Gasteiger partial charge in [0.05, 0.1) is 0 Å². The summed E-state index contributed by atoms with van der Waals surface area (Å²) >= 11 is 0. The van der Waals surface area contributed by atoms with E-state index in [0.29, 0.717) is 18.3 Å². The van der Waals surface area contributed by atoms with Crippen LogP contribution < -0.4 is 5.32 Å². The van der Waals surface area contributed by atoms with Crippen LogP contribution in [0.15, 0.2) is 48.7 Å². The number of hydrogen-bond donors (Lipinski definition) is 2. The van der Waals surface area contributed by atoms with E-state index in [0.717, 1.165) is 37.0 Å². The number of carbonyl (C=O) groups excluding carboxylic acids is 1. The van der Waals surface area contributed by atoms with Crippen LogP contribution in [0.1, 0.15) is 47.8 Å². The Morgan fingerprint density at radius 1 is 1.14 bits per heavy atom. The molecule has 1 amide bonds. The predicted molar refractivity (Wildman–Crippen MR) is 117 cm³/mol. The van der Waals surface area contributed by atoms with E-state index in [1.54, 1.807) is 6.20 Å². The Hall–Kier alpha value is -2.66. The lowest BCUT2D eigenvalue weighted by atomic mass is 10.1. The standard InChI is InChI=1S/C24H30N4O/c1-2-13-28(21-15-18-8-3-4-9-19(18)16-21)14-6-5-11-26-24(29)22-17-20-10-7-12-25-23(20)27-22/h3-4,7-10,12,17,21H,2,5-6,11,13-16H2,1H3,(H,25,27)(H,26,29). The van der Waals surface area contributed by atoms with Gasteiger partial charge in [0, 0.05) is 24.2 Å². The number of fused-ring (bicyclic) bond motifs is 2. The van der Waals surface area contributed by atoms with E-state index in [4.69, 9.17) is 0 Å². The van der Waals surface area contributed by atoms with Gasteiger partial charge in [0.15, 0.2) is 0 Å². The number of H-pyrrole nitrogens is 1. The third kappa shape index (κ3) is 4.67. The minimum atomic E-state index is -0.0559. The molecule has 1 aromatic carbocycles. The van der Waals surface area contributed by atoms with Gasteiger partial charge in [-0.1, -0.05) is 31.2 Å². The number of amides is 1. The second-order valence-electron chi connectivity index (χ2n) is 7.95. The third-order valence-corrected chi connectivity index (χ3v) is 5.85. The number of rotatable bonds is 9. The number of hydrogen-bond acceptors (Lipinski definition) is 3. The molecule has 0 saturated heterocycles. The van der Waals surface area contributed by atoms with Crippen molar-refractivity contribution in [3.8, 4) is 0 Å². The summed E-state index contributed by atoms with van der Waals surface area (Å²) in [5, 5.41) is 4.00. The second kappa shape index (κ2) is 9.23. The van der Waals surface area contributed by atoms with Crippen LogP contribution in [0, 0.1) is 0 Å². The van der Waals surface area contributed by atoms with E-state index in [2.05, 4.69) is 51.4 Å². The maximum Gasteiger partial charge on any atom is 0.267 e. The average molecular weight is 391 g/mol. The molecule has 0 radical (unpaired) electrons. The fraction of sp³-hybridized carbons (Fsp3) is 0.417. The molecule has 0 fully saturated rings. The van der Waals surface area contributed by atoms with Crippen LogP contribution in [0.5, 0.6) is 0 Å². The summed E-state index contributed by atoms with van der Waals surface area (Å²) in [6, 6.07) is 15.2. The van der Waals surface area contributed by atoms with E-state index >= 15 is 0 Å². The molecule has 1 aliphatic rings. The summed E-state index contributed by atoms with van der Waals surface area (Å²) in [4.78, 5) is 22.3. The van der Waals surface area contributed by atoms with Crippen LogP contribution in [0.25, 0.3) is 11.0 Å². The van der Waals surface area contributed by atoms with Crippen molar-refractivity contribution in [3.63, 3.8) is 0 Å². The molecular weight excluding hydrogens is 360 g/mol. The van der Waals surface area contributed by atoms with Gasteiger partial charge in [0.1, 0.15) is 11.3 Å². The van der Waals surface area contributed by atoms with Crippen LogP contribution >= 0.6 is 0 Å². The number of aromatic amines is 1. The third-order valence-electron chi connectivity index (χ3n) is 5.85. The van der Waals surface area contributed by atoms with Crippen molar-refractivity contribution < 1.29 is 4.79 Å². The Morgan fingerprint density at radius 2 is 1.93 bits per heavy atom. The highest BCUT2D eigenvalue weighted by atomic mass is 16.1. The lowest BCUT2D eigenvalue weighted by Gasteiger charge is -2.28. The van der Waals surface area contributed by atoms with E-state index in [9.17, 15) is 4.79 Å². The molecule has 0 unspecified atom stereocenters. The summed E-state index contributed by atoms with van der Waals surface area (Å²) in [5.41, 5.74) is 4.36. The number of nitrogens with one attached hydrogen (secondary N) is 2. The van der Waals surface area contributed by atoms with Crippen LogP contribution in [0.3, 0.4) is 0 Å². The lowest BCUT2D eigenvalue weighted by Crippen LogP contribution is -2.37. The summed E-state index contributed by atoms with van der Waals surface area (Å²) in [5.74, 6) is -0.0559. The molecule has 0 spiro atoms. The second-order valence-corrected chi connectivity index (χ2v) is 7.95. The van der Waals surface area contributed by atoms with Gasteiger partial charge in [-0.25, -0.2) is 4.98 Å². The van der Waals surface area contributed by atoms with Gasteiger partial charge in [-0.2, -0.15) is 0 Å². The zero-order valence-electron chi connectivity index (χ0n) is 17.2. The maximum atomic E-state index is 12.4. The van der Waals surface area contributed by atoms with Crippen molar-refractivity contribution in [2.45, 2.75) is 45.1 Å². The molecule has 0 atom stereocenters. The van der Waals surface area contributed by atoms with Crippen molar-refractivity contribution in [1.29, 1.82) is 0 Å². The quantitative estimate of drug-likeness (QED) is 0.544. The van der Waals surface area contributed by atoms with Crippen LogP contribution in [-0.2, 0) is 12.8 Å². The Kier molecular flexibility index (Phi) is 6.25. The van der Waals surface area contributed by atoms with Gasteiger partial charge in [-0.15, -0.1) is 0 Å². The highest BCUT2D eigenvalue weighted by Crippen LogP contribution is 2.25. The molecule has 152 valence electrons. The van der Waals surface area contributed by atoms with Crippen molar-refractivity contribution in [3.05, 3.63) is 65.5 Å². The summed E-state index contributed by atoms with van der Waals surface area (Å²) in [6.45, 7) is 5.20. The normalized spacial score (nSPS) is 13.9. The largest absolute Gasteiger partial charge is 0.351 e. The van der Waals surface area contributed by atoms with Crippen LogP contribution in [-0.4, -0.2) is 46.5 Å². The molecule has 1 aliphatic carbocycles. The SMILES string of the molecule is CCCN(CCCCNC(=O)c1cc2cccnc2[nH]1)C1Cc2ccccc2C1. The van der Waals surface area contributed by atoms with Gasteiger partial charge < -0.3 is 10.3 Å². The molecule has 3 aromatic rings. The molecule has 29 heavy (non-hydrogen) atoms. The molecule has 5 nitrogen and oxygen atoms in total. The number of unbranched alkanes of at least 4 members (excludes halogenated alkanes) is 1. The van der Waals surface area contributed by atoms with Crippen LogP contribution in [0.4, 0.5) is 0 Å². The first-order valence-corrected chi connectivity index (χ1v) is 10.8. The summed E-state index contributed by atoms with van der Waals surface area (Å²) < 4.78 is 0. The van der Waals surface area contributed by atoms with E-state index < -0.39 is 0 Å². The Morgan fingerprint density at radius 3 is 2.66 bits per heavy atom. The zero-order chi connectivity index (χ0) is 20.1. The first kappa shape index (κ1) is 19.6. The molecular formula is C24H30N4O. The molecule has 4 rings (SSSR count). The van der Waals surface area contributed by atoms with Gasteiger partial charge >= 0.3 is 0 Å². The minimum absolute atomic E-state index is 0.0559. The maximum absolute atomic E-state index is 12.4. The Bertz CT molecular complexity index is 906. The Balaban J connectivity index is 1.22. The highest BCUT2D eigenvalue weighted by Gasteiger charge is 2.25. The van der Waals surface area contributed by atoms with E-state index in [1.807, 2.05) is 18.2 Å². The molecule has 2 aromatic heterocycles. The van der Waals surface area contributed by atoms with Crippen LogP contribution in [0.2, 0.25) is 0 Å². The molecule has 0 saturated carbocycles. The number of carbonyl (C=O) groups is 1. The fourth-order valence-corrected chi connectivity index (χ4v) is 4.38. The lowest BCUT2D eigenvalue weighted by molar-refractivity contribution is 0.0948. The van der Waals surface area contributed by atoms with Gasteiger partial charge in [0.25, 0.3) is 5.91 Å². The molecule has 2 heterocycles. The number of benzene rings is 1. The molecule has 5 heteroatoms. The summed E-state index contributed by atoms with van der Waals surface area (Å²) in [6.07, 6.45) is 7.33. The molecule has 0 aliphatic heterocycles. The topological polar surface area (TPSA) is 61.0 Å². The first-order valence-electron chi connectivity index (χ1n) is 10.8. The van der Waals surface area contributed by atoms with Crippen molar-refractivity contribution >= 4 is 16.9 Å². The fourth-order valence-electron chi connectivity index (χ4n) is 4.38. The summed E-state index contributed by atoms with van der Waals surface area (Å²) in [7, 11) is 0.